The summed E-state index contributed by atoms with van der Waals surface area (Å²) in [6, 6.07) is 12.5. The minimum Gasteiger partial charge on any atom is -0.351 e. The Morgan fingerprint density at radius 1 is 1.13 bits per heavy atom. The van der Waals surface area contributed by atoms with E-state index in [0.717, 1.165) is 5.56 Å². The molecule has 0 aliphatic heterocycles. The highest BCUT2D eigenvalue weighted by atomic mass is 19.1. The molecule has 0 spiro atoms. The Morgan fingerprint density at radius 2 is 1.78 bits per heavy atom. The molecule has 0 aromatic heterocycles. The molecule has 3 nitrogen and oxygen atoms in total. The smallest absolute Gasteiger partial charge is 0.234 e. The van der Waals surface area contributed by atoms with E-state index < -0.39 is 0 Å². The average Bonchev–Trinajstić information content (AvgIpc) is 2.54. The van der Waals surface area contributed by atoms with Crippen LogP contribution in [0.15, 0.2) is 48.5 Å². The lowest BCUT2D eigenvalue weighted by atomic mass is 10.1. The lowest BCUT2D eigenvalue weighted by molar-refractivity contribution is -0.122. The molecule has 5 heteroatoms. The van der Waals surface area contributed by atoms with Gasteiger partial charge in [0.25, 0.3) is 0 Å². The number of amides is 1. The first-order valence-electron chi connectivity index (χ1n) is 7.43. The maximum absolute atomic E-state index is 13.5. The number of nitrogens with zero attached hydrogens (tertiary/aromatic N) is 1. The quantitative estimate of drug-likeness (QED) is 0.886. The van der Waals surface area contributed by atoms with Crippen LogP contribution in [0.4, 0.5) is 8.78 Å². The van der Waals surface area contributed by atoms with Gasteiger partial charge in [-0.25, -0.2) is 8.78 Å². The van der Waals surface area contributed by atoms with Gasteiger partial charge < -0.3 is 5.32 Å². The molecule has 0 aliphatic carbocycles. The molecule has 1 atom stereocenters. The van der Waals surface area contributed by atoms with Crippen molar-refractivity contribution in [1.29, 1.82) is 0 Å². The number of carbonyl (C=O) groups excluding carboxylic acids is 1. The van der Waals surface area contributed by atoms with Crippen molar-refractivity contribution < 1.29 is 13.6 Å². The summed E-state index contributed by atoms with van der Waals surface area (Å²) in [5, 5.41) is 2.71. The van der Waals surface area contributed by atoms with Crippen LogP contribution in [0.5, 0.6) is 0 Å². The Morgan fingerprint density at radius 3 is 2.43 bits per heavy atom. The molecule has 1 unspecified atom stereocenters. The van der Waals surface area contributed by atoms with Gasteiger partial charge >= 0.3 is 0 Å². The van der Waals surface area contributed by atoms with Crippen molar-refractivity contribution in [2.75, 3.05) is 13.6 Å². The zero-order chi connectivity index (χ0) is 16.8. The van der Waals surface area contributed by atoms with Crippen LogP contribution >= 0.6 is 0 Å². The van der Waals surface area contributed by atoms with E-state index in [-0.39, 0.29) is 36.7 Å². The van der Waals surface area contributed by atoms with Crippen LogP contribution < -0.4 is 5.32 Å². The second kappa shape index (κ2) is 7.83. The Balaban J connectivity index is 1.87. The third kappa shape index (κ3) is 4.86. The van der Waals surface area contributed by atoms with Gasteiger partial charge in [-0.1, -0.05) is 30.3 Å². The van der Waals surface area contributed by atoms with Gasteiger partial charge in [0.2, 0.25) is 5.91 Å². The molecule has 0 bridgehead atoms. The molecule has 1 amide bonds. The lowest BCUT2D eigenvalue weighted by Crippen LogP contribution is -2.36. The fraction of sp³-hybridized carbons (Fsp3) is 0.278. The van der Waals surface area contributed by atoms with E-state index in [1.807, 2.05) is 18.9 Å². The van der Waals surface area contributed by atoms with Gasteiger partial charge in [0.1, 0.15) is 11.6 Å². The number of carbonyl (C=O) groups is 1. The van der Waals surface area contributed by atoms with Gasteiger partial charge in [0, 0.05) is 18.2 Å². The summed E-state index contributed by atoms with van der Waals surface area (Å²) in [7, 11) is 1.82. The zero-order valence-electron chi connectivity index (χ0n) is 13.2. The van der Waals surface area contributed by atoms with E-state index in [1.54, 1.807) is 30.3 Å². The number of rotatable bonds is 6. The average molecular weight is 318 g/mol. The molecule has 2 aromatic rings. The van der Waals surface area contributed by atoms with Gasteiger partial charge in [-0.05, 0) is 37.7 Å². The van der Waals surface area contributed by atoms with Gasteiger partial charge in [0.05, 0.1) is 6.54 Å². The fourth-order valence-corrected chi connectivity index (χ4v) is 2.25. The Hall–Kier alpha value is -2.27. The predicted molar refractivity (Wildman–Crippen MR) is 85.7 cm³/mol. The van der Waals surface area contributed by atoms with Crippen LogP contribution in [-0.2, 0) is 11.3 Å². The monoisotopic (exact) mass is 318 g/mol. The van der Waals surface area contributed by atoms with E-state index in [2.05, 4.69) is 5.32 Å². The van der Waals surface area contributed by atoms with Crippen LogP contribution in [0.1, 0.15) is 24.1 Å². The van der Waals surface area contributed by atoms with Crippen LogP contribution in [0.2, 0.25) is 0 Å². The molecule has 1 N–H and O–H groups in total. The summed E-state index contributed by atoms with van der Waals surface area (Å²) in [6.45, 7) is 2.27. The molecule has 23 heavy (non-hydrogen) atoms. The van der Waals surface area contributed by atoms with Crippen molar-refractivity contribution in [2.45, 2.75) is 19.5 Å². The standard InChI is InChI=1S/C18H20F2N2O/c1-13(14-7-9-16(19)10-8-14)22(2)12-18(23)21-11-15-5-3-4-6-17(15)20/h3-10,13H,11-12H2,1-2H3,(H,21,23). The first-order chi connectivity index (χ1) is 11.0. The van der Waals surface area contributed by atoms with Crippen molar-refractivity contribution in [3.63, 3.8) is 0 Å². The third-order valence-electron chi connectivity index (χ3n) is 3.84. The fourth-order valence-electron chi connectivity index (χ4n) is 2.25. The van der Waals surface area contributed by atoms with Gasteiger partial charge in [0.15, 0.2) is 0 Å². The van der Waals surface area contributed by atoms with E-state index in [1.165, 1.54) is 18.2 Å². The molecule has 0 saturated heterocycles. The molecular weight excluding hydrogens is 298 g/mol. The number of likely N-dealkylation sites (N-methyl/N-ethyl adjacent to an activating group) is 1. The molecule has 0 aliphatic rings. The number of halogens is 2. The highest BCUT2D eigenvalue weighted by Gasteiger charge is 2.15. The van der Waals surface area contributed by atoms with Crippen molar-refractivity contribution in [3.8, 4) is 0 Å². The predicted octanol–water partition coefficient (Wildman–Crippen LogP) is 3.27. The highest BCUT2D eigenvalue weighted by molar-refractivity contribution is 5.78. The molecule has 0 saturated carbocycles. The number of hydrogen-bond donors (Lipinski definition) is 1. The van der Waals surface area contributed by atoms with Gasteiger partial charge in [-0.15, -0.1) is 0 Å². The number of hydrogen-bond acceptors (Lipinski definition) is 2. The summed E-state index contributed by atoms with van der Waals surface area (Å²) >= 11 is 0. The molecule has 2 rings (SSSR count). The molecule has 2 aromatic carbocycles. The van der Waals surface area contributed by atoms with Crippen molar-refractivity contribution in [2.24, 2.45) is 0 Å². The molecular formula is C18H20F2N2O. The topological polar surface area (TPSA) is 32.3 Å². The molecule has 122 valence electrons. The second-order valence-corrected chi connectivity index (χ2v) is 5.51. The minimum absolute atomic E-state index is 0.0326. The largest absolute Gasteiger partial charge is 0.351 e. The normalized spacial score (nSPS) is 12.2. The lowest BCUT2D eigenvalue weighted by Gasteiger charge is -2.24. The van der Waals surface area contributed by atoms with Crippen LogP contribution in [-0.4, -0.2) is 24.4 Å². The van der Waals surface area contributed by atoms with Gasteiger partial charge in [-0.2, -0.15) is 0 Å². The SMILES string of the molecule is CC(c1ccc(F)cc1)N(C)CC(=O)NCc1ccccc1F. The first kappa shape index (κ1) is 17.1. The summed E-state index contributed by atoms with van der Waals surface area (Å²) in [5.74, 6) is -0.809. The molecule has 0 heterocycles. The number of nitrogens with one attached hydrogen (secondary N) is 1. The Kier molecular flexibility index (Phi) is 5.82. The Bertz CT molecular complexity index is 658. The van der Waals surface area contributed by atoms with Crippen LogP contribution in [0, 0.1) is 11.6 Å². The third-order valence-corrected chi connectivity index (χ3v) is 3.84. The van der Waals surface area contributed by atoms with E-state index >= 15 is 0 Å². The highest BCUT2D eigenvalue weighted by Crippen LogP contribution is 2.18. The Labute approximate surface area is 134 Å². The maximum Gasteiger partial charge on any atom is 0.234 e. The number of benzene rings is 2. The zero-order valence-corrected chi connectivity index (χ0v) is 13.2. The van der Waals surface area contributed by atoms with E-state index in [0.29, 0.717) is 5.56 Å². The molecule has 0 radical (unpaired) electrons. The minimum atomic E-state index is -0.333. The van der Waals surface area contributed by atoms with Crippen LogP contribution in [0.3, 0.4) is 0 Å². The van der Waals surface area contributed by atoms with Gasteiger partial charge in [-0.3, -0.25) is 9.69 Å². The van der Waals surface area contributed by atoms with Crippen molar-refractivity contribution >= 4 is 5.91 Å². The van der Waals surface area contributed by atoms with Crippen LogP contribution in [0.25, 0.3) is 0 Å². The van der Waals surface area contributed by atoms with E-state index in [9.17, 15) is 13.6 Å². The second-order valence-electron chi connectivity index (χ2n) is 5.51. The maximum atomic E-state index is 13.5. The molecule has 0 fully saturated rings. The first-order valence-corrected chi connectivity index (χ1v) is 7.43. The summed E-state index contributed by atoms with van der Waals surface area (Å²) < 4.78 is 26.4. The van der Waals surface area contributed by atoms with Crippen molar-refractivity contribution in [1.82, 2.24) is 10.2 Å². The van der Waals surface area contributed by atoms with Crippen molar-refractivity contribution in [3.05, 3.63) is 71.3 Å². The van der Waals surface area contributed by atoms with E-state index in [4.69, 9.17) is 0 Å². The summed E-state index contributed by atoms with van der Waals surface area (Å²) in [5.41, 5.74) is 1.38. The summed E-state index contributed by atoms with van der Waals surface area (Å²) in [6.07, 6.45) is 0. The summed E-state index contributed by atoms with van der Waals surface area (Å²) in [4.78, 5) is 13.8.